The summed E-state index contributed by atoms with van der Waals surface area (Å²) in [5, 5.41) is 10.2. The van der Waals surface area contributed by atoms with Gasteiger partial charge in [0.05, 0.1) is 0 Å². The van der Waals surface area contributed by atoms with E-state index in [4.69, 9.17) is 0 Å². The van der Waals surface area contributed by atoms with Gasteiger partial charge in [-0.3, -0.25) is 0 Å². The van der Waals surface area contributed by atoms with Gasteiger partial charge in [-0.05, 0) is 0 Å². The minimum atomic E-state index is -1.55. The fourth-order valence-electron chi connectivity index (χ4n) is 4.74. The van der Waals surface area contributed by atoms with Crippen molar-refractivity contribution < 1.29 is 16.1 Å². The van der Waals surface area contributed by atoms with Crippen LogP contribution in [0.15, 0.2) is 21.3 Å². The molecule has 1 aliphatic carbocycles. The van der Waals surface area contributed by atoms with E-state index in [0.29, 0.717) is 5.04 Å². The zero-order valence-corrected chi connectivity index (χ0v) is 25.4. The van der Waals surface area contributed by atoms with Crippen molar-refractivity contribution in [3.8, 4) is 0 Å². The van der Waals surface area contributed by atoms with Crippen LogP contribution in [-0.2, 0) is 16.1 Å². The summed E-state index contributed by atoms with van der Waals surface area (Å²) in [6.45, 7) is 7.43. The van der Waals surface area contributed by atoms with Crippen molar-refractivity contribution in [3.63, 3.8) is 0 Å². The molecule has 1 rings (SSSR count). The first-order chi connectivity index (χ1) is 14.3. The Bertz CT molecular complexity index is 495. The summed E-state index contributed by atoms with van der Waals surface area (Å²) in [4.78, 5) is 0. The number of unbranched alkanes of at least 4 members (excludes halogenated alkanes) is 14. The number of hydrogen-bond donors (Lipinski definition) is 0. The molecule has 0 fully saturated rings. The van der Waals surface area contributed by atoms with Gasteiger partial charge in [-0.2, -0.15) is 0 Å². The average Bonchev–Trinajstić information content (AvgIpc) is 3.12. The van der Waals surface area contributed by atoms with E-state index in [0.717, 1.165) is 0 Å². The molecule has 30 heavy (non-hydrogen) atoms. The molecular formula is C28H56PtSi. The Labute approximate surface area is 197 Å². The zero-order valence-electron chi connectivity index (χ0n) is 21.7. The molecule has 0 saturated carbocycles. The molecular weight excluding hydrogens is 559 g/mol. The molecule has 0 aromatic heterocycles. The van der Waals surface area contributed by atoms with Gasteiger partial charge in [-0.25, -0.2) is 0 Å². The van der Waals surface area contributed by atoms with Crippen LogP contribution in [0.1, 0.15) is 130 Å². The molecule has 0 atom stereocenters. The SMILES string of the molecule is CCCCCCCCCCCCCCCCCC(C)(C)[SiH2]C1=[C]([Pt]([CH3])([CH3])[CH3])CC=C1. The quantitative estimate of drug-likeness (QED) is 0.100. The van der Waals surface area contributed by atoms with Crippen LogP contribution in [0.3, 0.4) is 0 Å². The summed E-state index contributed by atoms with van der Waals surface area (Å²) in [5.41, 5.74) is 0. The Balaban J connectivity index is 1.99. The summed E-state index contributed by atoms with van der Waals surface area (Å²) >= 11 is -1.55. The van der Waals surface area contributed by atoms with Crippen molar-refractivity contribution >= 4 is 9.52 Å². The summed E-state index contributed by atoms with van der Waals surface area (Å²) < 4.78 is 1.92. The van der Waals surface area contributed by atoms with Crippen molar-refractivity contribution in [3.05, 3.63) is 21.3 Å². The molecule has 0 aliphatic heterocycles. The Morgan fingerprint density at radius 1 is 0.733 bits per heavy atom. The first kappa shape index (κ1) is 28.4. The third-order valence-electron chi connectivity index (χ3n) is 6.63. The Morgan fingerprint density at radius 3 is 1.60 bits per heavy atom. The zero-order chi connectivity index (χ0) is 22.3. The van der Waals surface area contributed by atoms with E-state index < -0.39 is 16.1 Å². The van der Waals surface area contributed by atoms with Gasteiger partial charge in [-0.15, -0.1) is 0 Å². The molecule has 0 spiro atoms. The summed E-state index contributed by atoms with van der Waals surface area (Å²) in [6, 6.07) is 0. The minimum absolute atomic E-state index is 0.138. The second-order valence-corrected chi connectivity index (χ2v) is 25.6. The maximum atomic E-state index is 2.57. The van der Waals surface area contributed by atoms with Gasteiger partial charge >= 0.3 is 140 Å². The topological polar surface area (TPSA) is 0 Å². The summed E-state index contributed by atoms with van der Waals surface area (Å²) in [6.07, 6.45) is 29.7. The number of allylic oxidation sites excluding steroid dienone is 4. The van der Waals surface area contributed by atoms with Crippen molar-refractivity contribution in [2.45, 2.75) is 151 Å². The van der Waals surface area contributed by atoms with Crippen LogP contribution in [0.2, 0.25) is 21.0 Å². The van der Waals surface area contributed by atoms with Gasteiger partial charge in [0.1, 0.15) is 0 Å². The van der Waals surface area contributed by atoms with Gasteiger partial charge in [0.25, 0.3) is 0 Å². The molecule has 0 amide bonds. The normalized spacial score (nSPS) is 15.8. The fraction of sp³-hybridized carbons (Fsp3) is 0.857. The van der Waals surface area contributed by atoms with E-state index >= 15 is 0 Å². The van der Waals surface area contributed by atoms with E-state index in [1.807, 2.05) is 9.16 Å². The predicted molar refractivity (Wildman–Crippen MR) is 141 cm³/mol. The van der Waals surface area contributed by atoms with E-state index in [9.17, 15) is 0 Å². The van der Waals surface area contributed by atoms with E-state index in [-0.39, 0.29) is 9.52 Å². The molecule has 0 nitrogen and oxygen atoms in total. The Hall–Kier alpha value is 0.385. The third kappa shape index (κ3) is 13.7. The van der Waals surface area contributed by atoms with Crippen molar-refractivity contribution in [1.82, 2.24) is 0 Å². The van der Waals surface area contributed by atoms with E-state index in [1.54, 1.807) is 0 Å². The van der Waals surface area contributed by atoms with Gasteiger partial charge in [0.2, 0.25) is 0 Å². The molecule has 0 aromatic rings. The van der Waals surface area contributed by atoms with Gasteiger partial charge in [0.15, 0.2) is 0 Å². The Morgan fingerprint density at radius 2 is 1.17 bits per heavy atom. The van der Waals surface area contributed by atoms with Crippen LogP contribution in [-0.4, -0.2) is 9.52 Å². The van der Waals surface area contributed by atoms with Crippen LogP contribution >= 0.6 is 0 Å². The first-order valence-electron chi connectivity index (χ1n) is 13.0. The third-order valence-corrected chi connectivity index (χ3v) is 15.0. The molecule has 0 bridgehead atoms. The molecule has 0 heterocycles. The molecule has 1 aliphatic rings. The van der Waals surface area contributed by atoms with Crippen molar-refractivity contribution in [2.75, 3.05) is 0 Å². The van der Waals surface area contributed by atoms with Crippen LogP contribution < -0.4 is 0 Å². The number of rotatable bonds is 19. The summed E-state index contributed by atoms with van der Waals surface area (Å²) in [7, 11) is -0.138. The second-order valence-electron chi connectivity index (χ2n) is 11.0. The van der Waals surface area contributed by atoms with Crippen molar-refractivity contribution in [1.29, 1.82) is 0 Å². The second kappa shape index (κ2) is 16.1. The summed E-state index contributed by atoms with van der Waals surface area (Å²) in [5.74, 6) is 0. The predicted octanol–water partition coefficient (Wildman–Crippen LogP) is 10.1. The molecule has 0 saturated heterocycles. The van der Waals surface area contributed by atoms with Crippen LogP contribution in [0.25, 0.3) is 0 Å². The molecule has 0 unspecified atom stereocenters. The number of hydrogen-bond acceptors (Lipinski definition) is 0. The standard InChI is InChI=1S/C25H47Si.3CH3.Pt/c1-4-5-6-7-8-9-10-11-12-13-14-15-16-17-20-23-25(2,3)26-24-21-18-19-22-24;;;;/h18,21H,4-17,19-20,23,26H2,1-3H3;3*1H3;. The van der Waals surface area contributed by atoms with Crippen molar-refractivity contribution in [2.24, 2.45) is 0 Å². The molecule has 0 aromatic carbocycles. The Kier molecular flexibility index (Phi) is 15.2. The monoisotopic (exact) mass is 615 g/mol. The average molecular weight is 616 g/mol. The maximum absolute atomic E-state index is 2.57. The van der Waals surface area contributed by atoms with Gasteiger partial charge in [0, 0.05) is 0 Å². The van der Waals surface area contributed by atoms with Crippen LogP contribution in [0.5, 0.6) is 0 Å². The van der Waals surface area contributed by atoms with Crippen LogP contribution in [0, 0.1) is 0 Å². The molecule has 0 N–H and O–H groups in total. The van der Waals surface area contributed by atoms with Crippen LogP contribution in [0.4, 0.5) is 0 Å². The fourth-order valence-corrected chi connectivity index (χ4v) is 14.2. The van der Waals surface area contributed by atoms with E-state index in [1.165, 1.54) is 109 Å². The van der Waals surface area contributed by atoms with Gasteiger partial charge in [-0.1, -0.05) is 58.3 Å². The van der Waals surface area contributed by atoms with E-state index in [2.05, 4.69) is 48.9 Å². The van der Waals surface area contributed by atoms with Gasteiger partial charge < -0.3 is 0 Å². The molecule has 2 heteroatoms. The molecule has 0 radical (unpaired) electrons. The molecule has 182 valence electrons. The first-order valence-corrected chi connectivity index (χ1v) is 22.4.